The molecule has 0 bridgehead atoms. The molecule has 3 aliphatic rings. The number of carbonyl (C=O) groups excluding carboxylic acids is 5. The summed E-state index contributed by atoms with van der Waals surface area (Å²) in [5.74, 6) is -1.32. The average molecular weight is 686 g/mol. The van der Waals surface area contributed by atoms with Gasteiger partial charge >= 0.3 is 0 Å². The zero-order chi connectivity index (χ0) is 35.8. The van der Waals surface area contributed by atoms with E-state index in [-0.39, 0.29) is 47.9 Å². The van der Waals surface area contributed by atoms with Crippen LogP contribution in [0.5, 0.6) is 0 Å². The van der Waals surface area contributed by atoms with Crippen molar-refractivity contribution in [3.8, 4) is 0 Å². The first kappa shape index (κ1) is 36.7. The van der Waals surface area contributed by atoms with Crippen LogP contribution in [0.4, 0.5) is 0 Å². The fourth-order valence-electron chi connectivity index (χ4n) is 8.00. The summed E-state index contributed by atoms with van der Waals surface area (Å²) in [6.07, 6.45) is 4.10. The van der Waals surface area contributed by atoms with E-state index in [9.17, 15) is 24.0 Å². The first-order valence-corrected chi connectivity index (χ1v) is 17.8. The smallest absolute Gasteiger partial charge is 0.246 e. The number of amides is 5. The van der Waals surface area contributed by atoms with Crippen LogP contribution in [0.25, 0.3) is 0 Å². The van der Waals surface area contributed by atoms with Gasteiger partial charge in [-0.2, -0.15) is 0 Å². The molecule has 5 amide bonds. The lowest BCUT2D eigenvalue weighted by molar-refractivity contribution is -0.146. The molecule has 1 aliphatic carbocycles. The molecule has 3 fully saturated rings. The Kier molecular flexibility index (Phi) is 12.4. The lowest BCUT2D eigenvalue weighted by Gasteiger charge is -2.34. The molecule has 2 aromatic rings. The van der Waals surface area contributed by atoms with Gasteiger partial charge < -0.3 is 31.9 Å². The topological polar surface area (TPSA) is 180 Å². The Hall–Kier alpha value is -4.58. The number of benzene rings is 2. The predicted molar refractivity (Wildman–Crippen MR) is 191 cm³/mol. The third kappa shape index (κ3) is 8.76. The van der Waals surface area contributed by atoms with Crippen molar-refractivity contribution in [3.05, 3.63) is 71.8 Å². The van der Waals surface area contributed by atoms with E-state index in [0.717, 1.165) is 17.5 Å². The van der Waals surface area contributed by atoms with Crippen LogP contribution in [-0.2, 0) is 36.8 Å². The normalized spacial score (nSPS) is 24.7. The maximum absolute atomic E-state index is 14.1. The van der Waals surface area contributed by atoms with E-state index in [1.165, 1.54) is 0 Å². The van der Waals surface area contributed by atoms with Crippen molar-refractivity contribution >= 4 is 36.3 Å². The second-order valence-electron chi connectivity index (χ2n) is 14.2. The number of hydrogen-bond acceptors (Lipinski definition) is 7. The molecule has 0 spiro atoms. The number of unbranched alkanes of at least 4 members (excludes halogenated alkanes) is 1. The molecule has 12 nitrogen and oxygen atoms in total. The molecule has 0 radical (unpaired) electrons. The van der Waals surface area contributed by atoms with Crippen LogP contribution in [0, 0.1) is 17.8 Å². The number of nitrogens with two attached hydrogens (primary N) is 2. The molecule has 5 rings (SSSR count). The van der Waals surface area contributed by atoms with Crippen LogP contribution in [0.15, 0.2) is 65.7 Å². The van der Waals surface area contributed by atoms with Gasteiger partial charge in [-0.25, -0.2) is 0 Å². The summed E-state index contributed by atoms with van der Waals surface area (Å²) >= 11 is 0. The first-order valence-electron chi connectivity index (χ1n) is 17.8. The molecule has 6 N–H and O–H groups in total. The van der Waals surface area contributed by atoms with Crippen LogP contribution >= 0.6 is 0 Å². The first-order chi connectivity index (χ1) is 24.1. The van der Waals surface area contributed by atoms with Gasteiger partial charge in [0.1, 0.15) is 24.2 Å². The monoisotopic (exact) mass is 685 g/mol. The average Bonchev–Trinajstić information content (AvgIpc) is 3.78. The summed E-state index contributed by atoms with van der Waals surface area (Å²) in [5.41, 5.74) is 13.1. The van der Waals surface area contributed by atoms with Crippen molar-refractivity contribution in [2.45, 2.75) is 88.5 Å². The molecule has 7 unspecified atom stereocenters. The molecule has 2 aromatic carbocycles. The second-order valence-corrected chi connectivity index (χ2v) is 14.2. The van der Waals surface area contributed by atoms with Gasteiger partial charge in [-0.3, -0.25) is 29.0 Å². The molecule has 2 saturated heterocycles. The van der Waals surface area contributed by atoms with Gasteiger partial charge in [0, 0.05) is 37.9 Å². The SMILES string of the molecule is C=NC(Cc1ccccc1)C(=O)NC(Cc1ccccc1)C(=O)NC1CC(C)N(C(CCCCN)C(=O)N2CC3CC(C(N)=O)CC3C2)C1=O. The largest absolute Gasteiger partial charge is 0.369 e. The quantitative estimate of drug-likeness (QED) is 0.154. The zero-order valence-electron chi connectivity index (χ0n) is 28.9. The van der Waals surface area contributed by atoms with Crippen molar-refractivity contribution in [1.82, 2.24) is 20.4 Å². The Balaban J connectivity index is 1.28. The molecule has 1 saturated carbocycles. The van der Waals surface area contributed by atoms with Crippen molar-refractivity contribution in [2.24, 2.45) is 34.2 Å². The summed E-state index contributed by atoms with van der Waals surface area (Å²) in [6, 6.07) is 15.2. The molecular formula is C38H51N7O5. The molecule has 12 heteroatoms. The minimum absolute atomic E-state index is 0.102. The van der Waals surface area contributed by atoms with Gasteiger partial charge in [-0.05, 0) is 81.7 Å². The number of hydrogen-bond donors (Lipinski definition) is 4. The highest BCUT2D eigenvalue weighted by atomic mass is 16.2. The molecule has 2 heterocycles. The number of carbonyl (C=O) groups is 5. The highest BCUT2D eigenvalue weighted by Gasteiger charge is 2.49. The molecular weight excluding hydrogens is 634 g/mol. The molecule has 50 heavy (non-hydrogen) atoms. The number of rotatable bonds is 16. The van der Waals surface area contributed by atoms with Crippen LogP contribution in [0.1, 0.15) is 56.6 Å². The number of fused-ring (bicyclic) bond motifs is 1. The Bertz CT molecular complexity index is 1510. The van der Waals surface area contributed by atoms with E-state index < -0.39 is 36.0 Å². The summed E-state index contributed by atoms with van der Waals surface area (Å²) in [7, 11) is 0. The zero-order valence-corrected chi connectivity index (χ0v) is 28.9. The third-order valence-corrected chi connectivity index (χ3v) is 10.6. The Morgan fingerprint density at radius 3 is 2.06 bits per heavy atom. The highest BCUT2D eigenvalue weighted by molar-refractivity contribution is 5.96. The van der Waals surface area contributed by atoms with E-state index >= 15 is 0 Å². The van der Waals surface area contributed by atoms with Crippen molar-refractivity contribution in [2.75, 3.05) is 19.6 Å². The standard InChI is InChI=1S/C38H51N7O5/c1-24-17-32(37(49)45(24)33(15-9-10-16-39)38(50)44-22-28-20-27(34(40)46)21-29(28)23-44)43-36(48)31(19-26-13-7-4-8-14-26)42-35(47)30(41-2)18-25-11-5-3-6-12-25/h3-8,11-14,24,27-33H,2,9-10,15-23,39H2,1H3,(H2,40,46)(H,42,47)(H,43,48). The van der Waals surface area contributed by atoms with E-state index in [0.29, 0.717) is 58.2 Å². The van der Waals surface area contributed by atoms with E-state index in [4.69, 9.17) is 11.5 Å². The fraction of sp³-hybridized carbons (Fsp3) is 0.526. The van der Waals surface area contributed by atoms with Gasteiger partial charge in [-0.15, -0.1) is 0 Å². The maximum atomic E-state index is 14.1. The summed E-state index contributed by atoms with van der Waals surface area (Å²) < 4.78 is 0. The van der Waals surface area contributed by atoms with Crippen LogP contribution in [0.3, 0.4) is 0 Å². The van der Waals surface area contributed by atoms with Crippen LogP contribution < -0.4 is 22.1 Å². The van der Waals surface area contributed by atoms with Crippen molar-refractivity contribution in [1.29, 1.82) is 0 Å². The predicted octanol–water partition coefficient (Wildman–Crippen LogP) is 1.60. The second kappa shape index (κ2) is 16.9. The van der Waals surface area contributed by atoms with Crippen molar-refractivity contribution < 1.29 is 24.0 Å². The molecule has 7 atom stereocenters. The lowest BCUT2D eigenvalue weighted by atomic mass is 10.0. The van der Waals surface area contributed by atoms with Gasteiger partial charge in [-0.1, -0.05) is 60.7 Å². The van der Waals surface area contributed by atoms with Gasteiger partial charge in [0.05, 0.1) is 0 Å². The van der Waals surface area contributed by atoms with Crippen LogP contribution in [-0.4, -0.2) is 95.9 Å². The summed E-state index contributed by atoms with van der Waals surface area (Å²) in [6.45, 7) is 7.09. The van der Waals surface area contributed by atoms with Crippen molar-refractivity contribution in [3.63, 3.8) is 0 Å². The third-order valence-electron chi connectivity index (χ3n) is 10.6. The Morgan fingerprint density at radius 1 is 0.900 bits per heavy atom. The fourth-order valence-corrected chi connectivity index (χ4v) is 8.00. The summed E-state index contributed by atoms with van der Waals surface area (Å²) in [4.78, 5) is 74.9. The van der Waals surface area contributed by atoms with E-state index in [1.54, 1.807) is 4.90 Å². The Labute approximate surface area is 294 Å². The minimum Gasteiger partial charge on any atom is -0.369 e. The molecule has 2 aliphatic heterocycles. The number of likely N-dealkylation sites (tertiary alicyclic amines) is 2. The number of nitrogens with one attached hydrogen (secondary N) is 2. The summed E-state index contributed by atoms with van der Waals surface area (Å²) in [5, 5.41) is 5.80. The molecule has 0 aromatic heterocycles. The van der Waals surface area contributed by atoms with Crippen LogP contribution in [0.2, 0.25) is 0 Å². The van der Waals surface area contributed by atoms with E-state index in [2.05, 4.69) is 22.3 Å². The highest BCUT2D eigenvalue weighted by Crippen LogP contribution is 2.42. The van der Waals surface area contributed by atoms with Gasteiger partial charge in [0.2, 0.25) is 29.5 Å². The molecule has 268 valence electrons. The van der Waals surface area contributed by atoms with E-state index in [1.807, 2.05) is 72.5 Å². The number of nitrogens with zero attached hydrogens (tertiary/aromatic N) is 3. The maximum Gasteiger partial charge on any atom is 0.246 e. The Morgan fingerprint density at radius 2 is 1.50 bits per heavy atom. The van der Waals surface area contributed by atoms with Gasteiger partial charge in [0.15, 0.2) is 0 Å². The lowest BCUT2D eigenvalue weighted by Crippen LogP contribution is -2.55. The number of primary amides is 1. The minimum atomic E-state index is -0.975. The number of aliphatic imine (C=N–C) groups is 1. The van der Waals surface area contributed by atoms with Gasteiger partial charge in [0.25, 0.3) is 0 Å².